The van der Waals surface area contributed by atoms with E-state index in [1.807, 2.05) is 37.4 Å². The number of carbonyl (C=O) groups excluding carboxylic acids is 1. The molecule has 144 valence electrons. The van der Waals surface area contributed by atoms with E-state index in [9.17, 15) is 9.18 Å². The summed E-state index contributed by atoms with van der Waals surface area (Å²) in [5, 5.41) is 6.86. The standard InChI is InChI=1S/C22H28FN3O/c1-24-19-6-8-20(9-7-19)25-14-18-13-17(5-12-22(18)23)16-3-10-21(11-4-16)26(2)15-27/h3-5,10-13,15,19-20,24-25H,6-9,14H2,1-2H3. The summed E-state index contributed by atoms with van der Waals surface area (Å²) in [5.74, 6) is -0.174. The van der Waals surface area contributed by atoms with Gasteiger partial charge in [-0.3, -0.25) is 4.79 Å². The van der Waals surface area contributed by atoms with E-state index in [1.165, 1.54) is 11.0 Å². The van der Waals surface area contributed by atoms with Crippen molar-refractivity contribution in [3.8, 4) is 11.1 Å². The maximum atomic E-state index is 14.3. The van der Waals surface area contributed by atoms with E-state index in [4.69, 9.17) is 0 Å². The molecule has 0 spiro atoms. The number of halogens is 1. The Balaban J connectivity index is 1.66. The van der Waals surface area contributed by atoms with Gasteiger partial charge in [0.25, 0.3) is 0 Å². The second-order valence-electron chi connectivity index (χ2n) is 7.29. The number of hydrogen-bond acceptors (Lipinski definition) is 3. The Bertz CT molecular complexity index is 755. The van der Waals surface area contributed by atoms with Crippen LogP contribution in [0.1, 0.15) is 31.2 Å². The molecule has 1 fully saturated rings. The fraction of sp³-hybridized carbons (Fsp3) is 0.409. The van der Waals surface area contributed by atoms with Crippen LogP contribution in [0.4, 0.5) is 10.1 Å². The van der Waals surface area contributed by atoms with Crippen molar-refractivity contribution in [3.05, 3.63) is 53.8 Å². The summed E-state index contributed by atoms with van der Waals surface area (Å²) >= 11 is 0. The fourth-order valence-electron chi connectivity index (χ4n) is 3.68. The Kier molecular flexibility index (Phi) is 6.58. The first kappa shape index (κ1) is 19.5. The number of hydrogen-bond donors (Lipinski definition) is 2. The molecule has 5 heteroatoms. The van der Waals surface area contributed by atoms with E-state index >= 15 is 0 Å². The Morgan fingerprint density at radius 3 is 2.30 bits per heavy atom. The maximum absolute atomic E-state index is 14.3. The Labute approximate surface area is 160 Å². The number of amides is 1. The van der Waals surface area contributed by atoms with Gasteiger partial charge in [-0.25, -0.2) is 4.39 Å². The lowest BCUT2D eigenvalue weighted by Crippen LogP contribution is -2.38. The molecule has 1 aliphatic rings. The van der Waals surface area contributed by atoms with E-state index in [2.05, 4.69) is 10.6 Å². The highest BCUT2D eigenvalue weighted by Gasteiger charge is 2.19. The van der Waals surface area contributed by atoms with Crippen LogP contribution in [-0.2, 0) is 11.3 Å². The zero-order valence-corrected chi connectivity index (χ0v) is 16.0. The van der Waals surface area contributed by atoms with Crippen LogP contribution in [0, 0.1) is 5.82 Å². The molecule has 2 aromatic rings. The molecule has 4 nitrogen and oxygen atoms in total. The number of carbonyl (C=O) groups is 1. The molecular weight excluding hydrogens is 341 g/mol. The first-order valence-electron chi connectivity index (χ1n) is 9.58. The summed E-state index contributed by atoms with van der Waals surface area (Å²) in [7, 11) is 3.73. The van der Waals surface area contributed by atoms with E-state index in [0.29, 0.717) is 24.2 Å². The summed E-state index contributed by atoms with van der Waals surface area (Å²) in [5.41, 5.74) is 3.51. The van der Waals surface area contributed by atoms with E-state index in [1.54, 1.807) is 13.1 Å². The smallest absolute Gasteiger partial charge is 0.213 e. The normalized spacial score (nSPS) is 19.7. The summed E-state index contributed by atoms with van der Waals surface area (Å²) in [4.78, 5) is 12.4. The predicted molar refractivity (Wildman–Crippen MR) is 108 cm³/mol. The van der Waals surface area contributed by atoms with Gasteiger partial charge < -0.3 is 15.5 Å². The zero-order chi connectivity index (χ0) is 19.2. The molecule has 1 aliphatic carbocycles. The molecule has 27 heavy (non-hydrogen) atoms. The predicted octanol–water partition coefficient (Wildman–Crippen LogP) is 3.71. The van der Waals surface area contributed by atoms with E-state index < -0.39 is 0 Å². The van der Waals surface area contributed by atoms with Gasteiger partial charge in [0.2, 0.25) is 6.41 Å². The van der Waals surface area contributed by atoms with Crippen molar-refractivity contribution in [2.75, 3.05) is 19.0 Å². The van der Waals surface area contributed by atoms with Crippen LogP contribution < -0.4 is 15.5 Å². The third-order valence-corrected chi connectivity index (χ3v) is 5.53. The van der Waals surface area contributed by atoms with Crippen LogP contribution in [0.25, 0.3) is 11.1 Å². The second kappa shape index (κ2) is 9.11. The minimum absolute atomic E-state index is 0.174. The molecule has 0 bridgehead atoms. The third-order valence-electron chi connectivity index (χ3n) is 5.53. The molecule has 0 atom stereocenters. The second-order valence-corrected chi connectivity index (χ2v) is 7.29. The van der Waals surface area contributed by atoms with Crippen LogP contribution >= 0.6 is 0 Å². The number of benzene rings is 2. The average molecular weight is 369 g/mol. The zero-order valence-electron chi connectivity index (χ0n) is 16.0. The van der Waals surface area contributed by atoms with Crippen molar-refractivity contribution in [2.45, 2.75) is 44.3 Å². The topological polar surface area (TPSA) is 44.4 Å². The summed E-state index contributed by atoms with van der Waals surface area (Å²) in [6.07, 6.45) is 5.36. The Hall–Kier alpha value is -2.24. The van der Waals surface area contributed by atoms with Gasteiger partial charge >= 0.3 is 0 Å². The van der Waals surface area contributed by atoms with Gasteiger partial charge in [0.15, 0.2) is 0 Å². The van der Waals surface area contributed by atoms with Gasteiger partial charge in [-0.15, -0.1) is 0 Å². The Morgan fingerprint density at radius 2 is 1.67 bits per heavy atom. The number of anilines is 1. The van der Waals surface area contributed by atoms with Crippen molar-refractivity contribution in [3.63, 3.8) is 0 Å². The Morgan fingerprint density at radius 1 is 1.04 bits per heavy atom. The minimum Gasteiger partial charge on any atom is -0.318 e. The highest BCUT2D eigenvalue weighted by Crippen LogP contribution is 2.25. The lowest BCUT2D eigenvalue weighted by molar-refractivity contribution is -0.107. The van der Waals surface area contributed by atoms with Crippen LogP contribution in [0.2, 0.25) is 0 Å². The van der Waals surface area contributed by atoms with E-state index in [-0.39, 0.29) is 5.82 Å². The lowest BCUT2D eigenvalue weighted by atomic mass is 9.91. The van der Waals surface area contributed by atoms with Crippen molar-refractivity contribution >= 4 is 12.1 Å². The summed E-state index contributed by atoms with van der Waals surface area (Å²) in [6.45, 7) is 0.542. The molecule has 1 amide bonds. The van der Waals surface area contributed by atoms with E-state index in [0.717, 1.165) is 48.9 Å². The largest absolute Gasteiger partial charge is 0.318 e. The third kappa shape index (κ3) is 4.93. The molecule has 0 radical (unpaired) electrons. The van der Waals surface area contributed by atoms with Gasteiger partial charge in [0, 0.05) is 36.9 Å². The van der Waals surface area contributed by atoms with Gasteiger partial charge in [-0.2, -0.15) is 0 Å². The lowest BCUT2D eigenvalue weighted by Gasteiger charge is -2.29. The van der Waals surface area contributed by atoms with Gasteiger partial charge in [0.1, 0.15) is 5.82 Å². The molecule has 1 saturated carbocycles. The minimum atomic E-state index is -0.174. The molecule has 0 heterocycles. The average Bonchev–Trinajstić information content (AvgIpc) is 2.73. The molecule has 2 aromatic carbocycles. The maximum Gasteiger partial charge on any atom is 0.213 e. The molecule has 0 saturated heterocycles. The highest BCUT2D eigenvalue weighted by atomic mass is 19.1. The summed E-state index contributed by atoms with van der Waals surface area (Å²) < 4.78 is 14.3. The van der Waals surface area contributed by atoms with Crippen LogP contribution in [0.3, 0.4) is 0 Å². The summed E-state index contributed by atoms with van der Waals surface area (Å²) in [6, 6.07) is 14.0. The number of nitrogens with one attached hydrogen (secondary N) is 2. The first-order valence-corrected chi connectivity index (χ1v) is 9.58. The monoisotopic (exact) mass is 369 g/mol. The van der Waals surface area contributed by atoms with Crippen LogP contribution in [0.15, 0.2) is 42.5 Å². The van der Waals surface area contributed by atoms with Crippen molar-refractivity contribution in [1.29, 1.82) is 0 Å². The van der Waals surface area contributed by atoms with Gasteiger partial charge in [-0.05, 0) is 68.1 Å². The number of nitrogens with zero attached hydrogens (tertiary/aromatic N) is 1. The quantitative estimate of drug-likeness (QED) is 0.732. The fourth-order valence-corrected chi connectivity index (χ4v) is 3.68. The van der Waals surface area contributed by atoms with Crippen molar-refractivity contribution in [1.82, 2.24) is 10.6 Å². The molecule has 3 rings (SSSR count). The van der Waals surface area contributed by atoms with Gasteiger partial charge in [-0.1, -0.05) is 18.2 Å². The van der Waals surface area contributed by atoms with Crippen LogP contribution in [-0.4, -0.2) is 32.6 Å². The SMILES string of the molecule is CNC1CCC(NCc2cc(-c3ccc(N(C)C=O)cc3)ccc2F)CC1. The van der Waals surface area contributed by atoms with Gasteiger partial charge in [0.05, 0.1) is 0 Å². The van der Waals surface area contributed by atoms with Crippen LogP contribution in [0.5, 0.6) is 0 Å². The van der Waals surface area contributed by atoms with Crippen molar-refractivity contribution < 1.29 is 9.18 Å². The molecule has 0 unspecified atom stereocenters. The molecular formula is C22H28FN3O. The highest BCUT2D eigenvalue weighted by molar-refractivity contribution is 5.76. The first-order chi connectivity index (χ1) is 13.1. The van der Waals surface area contributed by atoms with Crippen molar-refractivity contribution in [2.24, 2.45) is 0 Å². The molecule has 0 aliphatic heterocycles. The molecule has 0 aromatic heterocycles. The molecule has 2 N–H and O–H groups in total. The number of rotatable bonds is 7.